The molecule has 1 aliphatic rings. The fraction of sp³-hybridized carbons (Fsp3) is 0.533. The van der Waals surface area contributed by atoms with Crippen LogP contribution in [0.3, 0.4) is 0 Å². The molecule has 2 aromatic rings. The Morgan fingerprint density at radius 1 is 1.38 bits per heavy atom. The first-order valence-electron chi connectivity index (χ1n) is 7.78. The summed E-state index contributed by atoms with van der Waals surface area (Å²) in [6.45, 7) is 5.06. The summed E-state index contributed by atoms with van der Waals surface area (Å²) in [5.74, 6) is 0.628. The third-order valence-electron chi connectivity index (χ3n) is 4.14. The van der Waals surface area contributed by atoms with E-state index in [4.69, 9.17) is 4.74 Å². The molecule has 3 heterocycles. The zero-order valence-electron chi connectivity index (χ0n) is 14.0. The van der Waals surface area contributed by atoms with E-state index >= 15 is 0 Å². The lowest BCUT2D eigenvalue weighted by molar-refractivity contribution is -0.147. The molecule has 3 rings (SSSR count). The van der Waals surface area contributed by atoms with Crippen molar-refractivity contribution in [3.05, 3.63) is 30.7 Å². The van der Waals surface area contributed by atoms with Gasteiger partial charge in [0, 0.05) is 26.0 Å². The number of nitrogens with zero attached hydrogens (tertiary/aromatic N) is 6. The zero-order valence-corrected chi connectivity index (χ0v) is 14.0. The van der Waals surface area contributed by atoms with Crippen molar-refractivity contribution in [3.8, 4) is 0 Å². The third-order valence-corrected chi connectivity index (χ3v) is 4.14. The van der Waals surface area contributed by atoms with Crippen LogP contribution in [0.4, 0.5) is 5.82 Å². The molecule has 2 aromatic heterocycles. The summed E-state index contributed by atoms with van der Waals surface area (Å²) in [5, 5.41) is 7.11. The normalized spacial score (nSPS) is 18.5. The standard InChI is InChI=1S/C15H21N7O2/c1-15(2,22-10-17-9-20-22)14(23)21-6-7-24-11(8-21)12-13(16-3)19-5-4-18-12/h4-5,9-11H,6-8H2,1-3H3,(H,16,19)/t11-/m1/s1. The van der Waals surface area contributed by atoms with E-state index in [0.29, 0.717) is 31.2 Å². The van der Waals surface area contributed by atoms with Crippen molar-refractivity contribution in [3.63, 3.8) is 0 Å². The van der Waals surface area contributed by atoms with E-state index in [2.05, 4.69) is 25.4 Å². The van der Waals surface area contributed by atoms with Crippen LogP contribution in [0.5, 0.6) is 0 Å². The predicted octanol–water partition coefficient (Wildman–Crippen LogP) is 0.445. The van der Waals surface area contributed by atoms with Gasteiger partial charge < -0.3 is 15.0 Å². The highest BCUT2D eigenvalue weighted by atomic mass is 16.5. The van der Waals surface area contributed by atoms with Gasteiger partial charge >= 0.3 is 0 Å². The van der Waals surface area contributed by atoms with Gasteiger partial charge in [-0.1, -0.05) is 0 Å². The molecule has 0 aliphatic carbocycles. The van der Waals surface area contributed by atoms with Crippen molar-refractivity contribution in [2.75, 3.05) is 32.1 Å². The topological polar surface area (TPSA) is 98.1 Å². The summed E-state index contributed by atoms with van der Waals surface area (Å²) in [6, 6.07) is 0. The fourth-order valence-electron chi connectivity index (χ4n) is 2.76. The highest BCUT2D eigenvalue weighted by Gasteiger charge is 2.38. The number of ether oxygens (including phenoxy) is 1. The lowest BCUT2D eigenvalue weighted by Crippen LogP contribution is -2.51. The van der Waals surface area contributed by atoms with Gasteiger partial charge in [-0.3, -0.25) is 9.78 Å². The van der Waals surface area contributed by atoms with Crippen LogP contribution in [-0.2, 0) is 15.1 Å². The van der Waals surface area contributed by atoms with E-state index in [9.17, 15) is 4.79 Å². The Bertz CT molecular complexity index is 702. The maximum atomic E-state index is 13.0. The second kappa shape index (κ2) is 6.52. The maximum Gasteiger partial charge on any atom is 0.250 e. The number of nitrogens with one attached hydrogen (secondary N) is 1. The lowest BCUT2D eigenvalue weighted by Gasteiger charge is -2.37. The second-order valence-electron chi connectivity index (χ2n) is 6.05. The molecule has 9 nitrogen and oxygen atoms in total. The highest BCUT2D eigenvalue weighted by molar-refractivity contribution is 5.83. The first kappa shape index (κ1) is 16.3. The van der Waals surface area contributed by atoms with Crippen LogP contribution in [-0.4, -0.2) is 62.3 Å². The minimum absolute atomic E-state index is 0.0313. The molecule has 128 valence electrons. The SMILES string of the molecule is CNc1nccnc1[C@H]1CN(C(=O)C(C)(C)n2cncn2)CCO1. The Hall–Kier alpha value is -2.55. The quantitative estimate of drug-likeness (QED) is 0.868. The molecule has 0 saturated carbocycles. The van der Waals surface area contributed by atoms with Crippen LogP contribution in [0.2, 0.25) is 0 Å². The smallest absolute Gasteiger partial charge is 0.250 e. The average Bonchev–Trinajstić information content (AvgIpc) is 3.16. The van der Waals surface area contributed by atoms with E-state index in [1.165, 1.54) is 6.33 Å². The molecule has 24 heavy (non-hydrogen) atoms. The number of rotatable bonds is 4. The monoisotopic (exact) mass is 331 g/mol. The number of morpholine rings is 1. The van der Waals surface area contributed by atoms with Crippen molar-refractivity contribution >= 4 is 11.7 Å². The van der Waals surface area contributed by atoms with E-state index < -0.39 is 5.54 Å². The summed E-state index contributed by atoms with van der Waals surface area (Å²) >= 11 is 0. The minimum atomic E-state index is -0.813. The van der Waals surface area contributed by atoms with E-state index in [1.54, 1.807) is 35.4 Å². The summed E-state index contributed by atoms with van der Waals surface area (Å²) in [4.78, 5) is 27.3. The van der Waals surface area contributed by atoms with Crippen LogP contribution in [0, 0.1) is 0 Å². The molecular formula is C15H21N7O2. The Labute approximate surface area is 140 Å². The number of carbonyl (C=O) groups is 1. The molecule has 0 spiro atoms. The highest BCUT2D eigenvalue weighted by Crippen LogP contribution is 2.27. The summed E-state index contributed by atoms with van der Waals surface area (Å²) in [5.41, 5.74) is -0.108. The van der Waals surface area contributed by atoms with E-state index in [1.807, 2.05) is 13.8 Å². The molecule has 0 aromatic carbocycles. The van der Waals surface area contributed by atoms with Gasteiger partial charge in [0.2, 0.25) is 5.91 Å². The van der Waals surface area contributed by atoms with Gasteiger partial charge in [-0.2, -0.15) is 5.10 Å². The minimum Gasteiger partial charge on any atom is -0.372 e. The summed E-state index contributed by atoms with van der Waals surface area (Å²) < 4.78 is 7.39. The average molecular weight is 331 g/mol. The molecule has 1 fully saturated rings. The Morgan fingerprint density at radius 2 is 2.17 bits per heavy atom. The molecule has 0 radical (unpaired) electrons. The molecule has 1 atom stereocenters. The number of hydrogen-bond donors (Lipinski definition) is 1. The third kappa shape index (κ3) is 2.94. The number of amides is 1. The number of anilines is 1. The fourth-order valence-corrected chi connectivity index (χ4v) is 2.76. The maximum absolute atomic E-state index is 13.0. The molecule has 1 saturated heterocycles. The van der Waals surface area contributed by atoms with Crippen molar-refractivity contribution in [1.82, 2.24) is 29.6 Å². The van der Waals surface area contributed by atoms with Crippen LogP contribution < -0.4 is 5.32 Å². The molecular weight excluding hydrogens is 310 g/mol. The molecule has 1 amide bonds. The van der Waals surface area contributed by atoms with Crippen molar-refractivity contribution in [1.29, 1.82) is 0 Å². The van der Waals surface area contributed by atoms with Crippen molar-refractivity contribution in [2.45, 2.75) is 25.5 Å². The Morgan fingerprint density at radius 3 is 2.88 bits per heavy atom. The van der Waals surface area contributed by atoms with Crippen molar-refractivity contribution < 1.29 is 9.53 Å². The molecule has 1 N–H and O–H groups in total. The van der Waals surface area contributed by atoms with Crippen LogP contribution in [0.1, 0.15) is 25.6 Å². The second-order valence-corrected chi connectivity index (χ2v) is 6.05. The molecule has 0 unspecified atom stereocenters. The van der Waals surface area contributed by atoms with Gasteiger partial charge in [0.1, 0.15) is 35.8 Å². The van der Waals surface area contributed by atoms with Crippen LogP contribution in [0.25, 0.3) is 0 Å². The van der Waals surface area contributed by atoms with Crippen LogP contribution in [0.15, 0.2) is 25.0 Å². The molecule has 9 heteroatoms. The Kier molecular flexibility index (Phi) is 4.43. The number of carbonyl (C=O) groups excluding carboxylic acids is 1. The van der Waals surface area contributed by atoms with Gasteiger partial charge in [0.25, 0.3) is 0 Å². The first-order chi connectivity index (χ1) is 11.5. The largest absolute Gasteiger partial charge is 0.372 e. The van der Waals surface area contributed by atoms with Gasteiger partial charge in [0.05, 0.1) is 13.2 Å². The van der Waals surface area contributed by atoms with E-state index in [0.717, 1.165) is 0 Å². The molecule has 0 bridgehead atoms. The van der Waals surface area contributed by atoms with Gasteiger partial charge in [0.15, 0.2) is 0 Å². The first-order valence-corrected chi connectivity index (χ1v) is 7.78. The van der Waals surface area contributed by atoms with Crippen molar-refractivity contribution in [2.24, 2.45) is 0 Å². The predicted molar refractivity (Wildman–Crippen MR) is 86.2 cm³/mol. The lowest BCUT2D eigenvalue weighted by atomic mass is 10.0. The Balaban J connectivity index is 1.79. The number of aromatic nitrogens is 5. The summed E-state index contributed by atoms with van der Waals surface area (Å²) in [6.07, 6.45) is 5.91. The molecule has 1 aliphatic heterocycles. The zero-order chi connectivity index (χ0) is 17.2. The van der Waals surface area contributed by atoms with E-state index in [-0.39, 0.29) is 12.0 Å². The van der Waals surface area contributed by atoms with Crippen LogP contribution >= 0.6 is 0 Å². The van der Waals surface area contributed by atoms with Gasteiger partial charge in [-0.05, 0) is 13.8 Å². The summed E-state index contributed by atoms with van der Waals surface area (Å²) in [7, 11) is 1.78. The number of hydrogen-bond acceptors (Lipinski definition) is 7. The van der Waals surface area contributed by atoms with Gasteiger partial charge in [-0.25, -0.2) is 14.6 Å². The van der Waals surface area contributed by atoms with Gasteiger partial charge in [-0.15, -0.1) is 0 Å².